The number of unbranched alkanes of at least 4 members (excludes halogenated alkanes) is 4. The number of carbonyl (C=O) groups is 1. The van der Waals surface area contributed by atoms with Crippen LogP contribution in [0, 0.1) is 5.41 Å². The Morgan fingerprint density at radius 2 is 2.00 bits per heavy atom. The van der Waals surface area contributed by atoms with E-state index in [0.29, 0.717) is 17.9 Å². The van der Waals surface area contributed by atoms with Crippen LogP contribution in [0.15, 0.2) is 24.3 Å². The van der Waals surface area contributed by atoms with Crippen LogP contribution in [0.3, 0.4) is 0 Å². The Hall–Kier alpha value is -1.84. The summed E-state index contributed by atoms with van der Waals surface area (Å²) in [5.74, 6) is 0.551. The summed E-state index contributed by atoms with van der Waals surface area (Å²) in [6, 6.07) is 6.95. The first-order valence-electron chi connectivity index (χ1n) is 8.13. The third-order valence-electron chi connectivity index (χ3n) is 3.61. The van der Waals surface area contributed by atoms with Crippen LogP contribution in [0.4, 0.5) is 0 Å². The predicted molar refractivity (Wildman–Crippen MR) is 91.0 cm³/mol. The fraction of sp³-hybridized carbons (Fsp3) is 0.556. The lowest BCUT2D eigenvalue weighted by Gasteiger charge is -2.13. The molecule has 0 aliphatic rings. The van der Waals surface area contributed by atoms with Crippen molar-refractivity contribution in [2.24, 2.45) is 0 Å². The lowest BCUT2D eigenvalue weighted by atomic mass is 10.1. The van der Waals surface area contributed by atoms with Crippen molar-refractivity contribution in [3.63, 3.8) is 0 Å². The SMILES string of the molecule is CCCCCCCOc1cccc(C(=O)NC(C)C(C)=N)c1. The molecule has 1 atom stereocenters. The number of ether oxygens (including phenoxy) is 1. The molecule has 4 nitrogen and oxygen atoms in total. The third kappa shape index (κ3) is 6.74. The molecule has 0 bridgehead atoms. The summed E-state index contributed by atoms with van der Waals surface area (Å²) < 4.78 is 5.71. The van der Waals surface area contributed by atoms with E-state index in [-0.39, 0.29) is 11.9 Å². The molecular weight excluding hydrogens is 276 g/mol. The topological polar surface area (TPSA) is 62.2 Å². The Labute approximate surface area is 133 Å². The second kappa shape index (κ2) is 9.98. The van der Waals surface area contributed by atoms with E-state index >= 15 is 0 Å². The fourth-order valence-electron chi connectivity index (χ4n) is 2.01. The fourth-order valence-corrected chi connectivity index (χ4v) is 2.01. The van der Waals surface area contributed by atoms with E-state index in [1.807, 2.05) is 12.1 Å². The number of rotatable bonds is 10. The molecule has 0 aromatic heterocycles. The number of carbonyl (C=O) groups excluding carboxylic acids is 1. The van der Waals surface area contributed by atoms with E-state index in [0.717, 1.165) is 12.2 Å². The molecule has 4 heteroatoms. The van der Waals surface area contributed by atoms with Crippen molar-refractivity contribution in [2.75, 3.05) is 6.61 Å². The van der Waals surface area contributed by atoms with E-state index in [4.69, 9.17) is 10.1 Å². The van der Waals surface area contributed by atoms with Crippen molar-refractivity contribution in [1.82, 2.24) is 5.32 Å². The summed E-state index contributed by atoms with van der Waals surface area (Å²) in [6.45, 7) is 6.37. The molecular formula is C18H28N2O2. The van der Waals surface area contributed by atoms with Crippen LogP contribution in [-0.2, 0) is 0 Å². The van der Waals surface area contributed by atoms with Gasteiger partial charge in [-0.1, -0.05) is 38.7 Å². The van der Waals surface area contributed by atoms with Gasteiger partial charge in [0.25, 0.3) is 5.91 Å². The first-order valence-corrected chi connectivity index (χ1v) is 8.13. The van der Waals surface area contributed by atoms with Gasteiger partial charge in [-0.15, -0.1) is 0 Å². The van der Waals surface area contributed by atoms with Crippen LogP contribution in [0.5, 0.6) is 5.75 Å². The van der Waals surface area contributed by atoms with Gasteiger partial charge in [0, 0.05) is 11.3 Å². The number of benzene rings is 1. The molecule has 0 saturated carbocycles. The van der Waals surface area contributed by atoms with Crippen molar-refractivity contribution in [3.8, 4) is 5.75 Å². The molecule has 1 aromatic carbocycles. The molecule has 1 unspecified atom stereocenters. The minimum Gasteiger partial charge on any atom is -0.494 e. The molecule has 1 aromatic rings. The summed E-state index contributed by atoms with van der Waals surface area (Å²) in [4.78, 5) is 12.1. The molecule has 22 heavy (non-hydrogen) atoms. The molecule has 2 N–H and O–H groups in total. The molecule has 0 heterocycles. The van der Waals surface area contributed by atoms with Gasteiger partial charge in [-0.25, -0.2) is 0 Å². The summed E-state index contributed by atoms with van der Waals surface area (Å²) in [5.41, 5.74) is 1.00. The van der Waals surface area contributed by atoms with Gasteiger partial charge in [-0.3, -0.25) is 4.79 Å². The number of nitrogens with one attached hydrogen (secondary N) is 2. The quantitative estimate of drug-likeness (QED) is 0.503. The van der Waals surface area contributed by atoms with Crippen LogP contribution >= 0.6 is 0 Å². The van der Waals surface area contributed by atoms with Gasteiger partial charge < -0.3 is 15.5 Å². The second-order valence-electron chi connectivity index (χ2n) is 5.67. The first kappa shape index (κ1) is 18.2. The Bertz CT molecular complexity index is 486. The van der Waals surface area contributed by atoms with Crippen LogP contribution in [0.25, 0.3) is 0 Å². The van der Waals surface area contributed by atoms with E-state index in [9.17, 15) is 4.79 Å². The average Bonchev–Trinajstić information content (AvgIpc) is 2.50. The van der Waals surface area contributed by atoms with Crippen molar-refractivity contribution < 1.29 is 9.53 Å². The lowest BCUT2D eigenvalue weighted by molar-refractivity contribution is 0.0948. The van der Waals surface area contributed by atoms with Gasteiger partial charge in [-0.2, -0.15) is 0 Å². The molecule has 0 aliphatic carbocycles. The van der Waals surface area contributed by atoms with E-state index in [1.165, 1.54) is 25.7 Å². The van der Waals surface area contributed by atoms with Crippen molar-refractivity contribution in [1.29, 1.82) is 5.41 Å². The van der Waals surface area contributed by atoms with Crippen LogP contribution in [0.1, 0.15) is 63.2 Å². The summed E-state index contributed by atoms with van der Waals surface area (Å²) in [6.07, 6.45) is 6.00. The maximum absolute atomic E-state index is 12.1. The first-order chi connectivity index (χ1) is 10.5. The zero-order valence-electron chi connectivity index (χ0n) is 13.9. The Morgan fingerprint density at radius 1 is 1.27 bits per heavy atom. The molecule has 0 fully saturated rings. The van der Waals surface area contributed by atoms with Gasteiger partial charge in [0.1, 0.15) is 5.75 Å². The monoisotopic (exact) mass is 304 g/mol. The van der Waals surface area contributed by atoms with Gasteiger partial charge in [0.2, 0.25) is 0 Å². The Morgan fingerprint density at radius 3 is 2.68 bits per heavy atom. The largest absolute Gasteiger partial charge is 0.494 e. The molecule has 0 aliphatic heterocycles. The normalized spacial score (nSPS) is 11.8. The van der Waals surface area contributed by atoms with Crippen LogP contribution in [0.2, 0.25) is 0 Å². The minimum atomic E-state index is -0.254. The highest BCUT2D eigenvalue weighted by Crippen LogP contribution is 2.14. The molecule has 1 rings (SSSR count). The maximum atomic E-state index is 12.1. The zero-order chi connectivity index (χ0) is 16.4. The number of hydrogen-bond acceptors (Lipinski definition) is 3. The molecule has 122 valence electrons. The summed E-state index contributed by atoms with van der Waals surface area (Å²) in [5, 5.41) is 10.3. The van der Waals surface area contributed by atoms with E-state index in [1.54, 1.807) is 26.0 Å². The Balaban J connectivity index is 2.44. The lowest BCUT2D eigenvalue weighted by Crippen LogP contribution is -2.36. The minimum absolute atomic E-state index is 0.174. The van der Waals surface area contributed by atoms with Crippen LogP contribution in [-0.4, -0.2) is 24.3 Å². The highest BCUT2D eigenvalue weighted by Gasteiger charge is 2.11. The number of hydrogen-bond donors (Lipinski definition) is 2. The second-order valence-corrected chi connectivity index (χ2v) is 5.67. The third-order valence-corrected chi connectivity index (χ3v) is 3.61. The van der Waals surface area contributed by atoms with Crippen LogP contribution < -0.4 is 10.1 Å². The molecule has 0 radical (unpaired) electrons. The highest BCUT2D eigenvalue weighted by molar-refractivity contribution is 5.98. The average molecular weight is 304 g/mol. The van der Waals surface area contributed by atoms with Crippen molar-refractivity contribution in [2.45, 2.75) is 58.9 Å². The predicted octanol–water partition coefficient (Wildman–Crippen LogP) is 4.19. The van der Waals surface area contributed by atoms with Crippen molar-refractivity contribution in [3.05, 3.63) is 29.8 Å². The van der Waals surface area contributed by atoms with Gasteiger partial charge in [0.15, 0.2) is 0 Å². The van der Waals surface area contributed by atoms with E-state index in [2.05, 4.69) is 12.2 Å². The zero-order valence-corrected chi connectivity index (χ0v) is 13.9. The van der Waals surface area contributed by atoms with Crippen molar-refractivity contribution >= 4 is 11.6 Å². The number of amides is 1. The Kier molecular flexibility index (Phi) is 8.26. The molecule has 0 spiro atoms. The van der Waals surface area contributed by atoms with Gasteiger partial charge >= 0.3 is 0 Å². The van der Waals surface area contributed by atoms with E-state index < -0.39 is 0 Å². The maximum Gasteiger partial charge on any atom is 0.251 e. The molecule has 0 saturated heterocycles. The van der Waals surface area contributed by atoms with Gasteiger partial charge in [-0.05, 0) is 38.5 Å². The molecule has 1 amide bonds. The summed E-state index contributed by atoms with van der Waals surface area (Å²) >= 11 is 0. The van der Waals surface area contributed by atoms with Gasteiger partial charge in [0.05, 0.1) is 12.6 Å². The summed E-state index contributed by atoms with van der Waals surface area (Å²) in [7, 11) is 0. The standard InChI is InChI=1S/C18H28N2O2/c1-4-5-6-7-8-12-22-17-11-9-10-16(13-17)18(21)20-15(3)14(2)19/h9-11,13,15,19H,4-8,12H2,1-3H3,(H,20,21). The highest BCUT2D eigenvalue weighted by atomic mass is 16.5. The smallest absolute Gasteiger partial charge is 0.251 e.